The van der Waals surface area contributed by atoms with Crippen LogP contribution in [0.2, 0.25) is 0 Å². The smallest absolute Gasteiger partial charge is 0.249 e. The fourth-order valence-corrected chi connectivity index (χ4v) is 4.84. The highest BCUT2D eigenvalue weighted by Crippen LogP contribution is 2.33. The molecule has 2 heterocycles. The van der Waals surface area contributed by atoms with Crippen LogP contribution < -0.4 is 10.2 Å². The normalized spacial score (nSPS) is 13.8. The molecule has 0 spiro atoms. The van der Waals surface area contributed by atoms with Crippen LogP contribution in [0.3, 0.4) is 0 Å². The molecule has 0 unspecified atom stereocenters. The van der Waals surface area contributed by atoms with Crippen molar-refractivity contribution in [2.24, 2.45) is 0 Å². The Balaban J connectivity index is 1.60. The maximum atomic E-state index is 14.2. The lowest BCUT2D eigenvalue weighted by Crippen LogP contribution is -2.51. The fraction of sp³-hybridized carbons (Fsp3) is 0.345. The van der Waals surface area contributed by atoms with Crippen molar-refractivity contribution in [2.45, 2.75) is 64.6 Å². The predicted octanol–water partition coefficient (Wildman–Crippen LogP) is 4.39. The number of anilines is 1. The third-order valence-corrected chi connectivity index (χ3v) is 7.21. The summed E-state index contributed by atoms with van der Waals surface area (Å²) >= 11 is 0. The second-order valence-electron chi connectivity index (χ2n) is 10.2. The summed E-state index contributed by atoms with van der Waals surface area (Å²) in [5.74, 6) is -0.491. The van der Waals surface area contributed by atoms with Gasteiger partial charge in [-0.1, -0.05) is 30.3 Å². The van der Waals surface area contributed by atoms with E-state index in [0.29, 0.717) is 16.8 Å². The van der Waals surface area contributed by atoms with Crippen LogP contribution in [0.25, 0.3) is 11.0 Å². The molecule has 1 N–H and O–H groups in total. The molecular formula is C29H32N6O2. The molecule has 1 aliphatic carbocycles. The number of hydrogen-bond acceptors (Lipinski definition) is 5. The number of para-hydroxylation sites is 1. The van der Waals surface area contributed by atoms with Gasteiger partial charge < -0.3 is 5.32 Å². The lowest BCUT2D eigenvalue weighted by atomic mass is 9.98. The first-order valence-corrected chi connectivity index (χ1v) is 12.8. The summed E-state index contributed by atoms with van der Waals surface area (Å²) in [6.07, 6.45) is 7.14. The topological polar surface area (TPSA) is 93.0 Å². The number of aryl methyl sites for hydroxylation is 2. The molecule has 0 saturated carbocycles. The van der Waals surface area contributed by atoms with Crippen LogP contribution in [0.15, 0.2) is 67.0 Å². The van der Waals surface area contributed by atoms with E-state index in [2.05, 4.69) is 32.7 Å². The van der Waals surface area contributed by atoms with Crippen LogP contribution in [0.4, 0.5) is 5.69 Å². The quantitative estimate of drug-likeness (QED) is 0.390. The van der Waals surface area contributed by atoms with E-state index >= 15 is 0 Å². The first-order chi connectivity index (χ1) is 17.9. The zero-order valence-corrected chi connectivity index (χ0v) is 21.5. The van der Waals surface area contributed by atoms with Crippen LogP contribution in [0.1, 0.15) is 56.3 Å². The predicted molar refractivity (Wildman–Crippen MR) is 143 cm³/mol. The Labute approximate surface area is 216 Å². The van der Waals surface area contributed by atoms with Crippen molar-refractivity contribution in [1.82, 2.24) is 25.3 Å². The van der Waals surface area contributed by atoms with Crippen LogP contribution in [0.5, 0.6) is 0 Å². The van der Waals surface area contributed by atoms with E-state index in [1.165, 1.54) is 11.1 Å². The van der Waals surface area contributed by atoms with Crippen LogP contribution in [0, 0.1) is 0 Å². The third kappa shape index (κ3) is 5.09. The minimum Gasteiger partial charge on any atom is -0.349 e. The number of carbonyl (C=O) groups is 2. The van der Waals surface area contributed by atoms with E-state index < -0.39 is 11.6 Å². The van der Waals surface area contributed by atoms with Gasteiger partial charge in [0.05, 0.1) is 5.52 Å². The molecule has 0 saturated heterocycles. The van der Waals surface area contributed by atoms with Crippen molar-refractivity contribution >= 4 is 28.5 Å². The minimum atomic E-state index is -0.879. The van der Waals surface area contributed by atoms with Crippen molar-refractivity contribution in [2.75, 3.05) is 4.90 Å². The highest BCUT2D eigenvalue weighted by atomic mass is 16.2. The van der Waals surface area contributed by atoms with Crippen molar-refractivity contribution < 1.29 is 9.59 Å². The summed E-state index contributed by atoms with van der Waals surface area (Å²) in [5, 5.41) is 11.6. The molecule has 37 heavy (non-hydrogen) atoms. The van der Waals surface area contributed by atoms with E-state index in [1.807, 2.05) is 51.1 Å². The third-order valence-electron chi connectivity index (χ3n) is 7.21. The van der Waals surface area contributed by atoms with Crippen LogP contribution in [-0.4, -0.2) is 37.3 Å². The maximum absolute atomic E-state index is 14.2. The van der Waals surface area contributed by atoms with Gasteiger partial charge in [0, 0.05) is 23.6 Å². The molecule has 0 fully saturated rings. The molecule has 1 aliphatic rings. The van der Waals surface area contributed by atoms with Gasteiger partial charge in [0.1, 0.15) is 18.1 Å². The number of amides is 2. The monoisotopic (exact) mass is 496 g/mol. The fourth-order valence-electron chi connectivity index (χ4n) is 4.84. The summed E-state index contributed by atoms with van der Waals surface area (Å²) in [4.78, 5) is 33.8. The number of pyridine rings is 1. The molecular weight excluding hydrogens is 464 g/mol. The SMILES string of the molecule is CCC(C)(C)NC(=O)[C@H](c1ccncc1)N(C(=O)Cn1nnc2ccccc21)c1ccc2c(c1)CCC2. The largest absolute Gasteiger partial charge is 0.349 e. The number of nitrogens with zero attached hydrogens (tertiary/aromatic N) is 5. The molecule has 8 nitrogen and oxygen atoms in total. The zero-order valence-electron chi connectivity index (χ0n) is 21.5. The van der Waals surface area contributed by atoms with E-state index in [1.54, 1.807) is 34.1 Å². The van der Waals surface area contributed by atoms with Crippen molar-refractivity contribution in [3.8, 4) is 0 Å². The van der Waals surface area contributed by atoms with E-state index in [9.17, 15) is 9.59 Å². The minimum absolute atomic E-state index is 0.0520. The highest BCUT2D eigenvalue weighted by molar-refractivity contribution is 6.01. The van der Waals surface area contributed by atoms with Gasteiger partial charge in [0.15, 0.2) is 0 Å². The lowest BCUT2D eigenvalue weighted by molar-refractivity contribution is -0.128. The van der Waals surface area contributed by atoms with Crippen molar-refractivity contribution in [3.63, 3.8) is 0 Å². The highest BCUT2D eigenvalue weighted by Gasteiger charge is 2.35. The first-order valence-electron chi connectivity index (χ1n) is 12.8. The molecule has 1 atom stereocenters. The van der Waals surface area contributed by atoms with Gasteiger partial charge in [-0.25, -0.2) is 4.68 Å². The standard InChI is InChI=1S/C29H32N6O2/c1-4-29(2,3)31-28(37)27(21-14-16-30-17-15-21)35(23-13-12-20-8-7-9-22(20)18-23)26(36)19-34-25-11-6-5-10-24(25)32-33-34/h5-6,10-18,27H,4,7-9,19H2,1-3H3,(H,31,37)/t27-/m0/s1. The molecule has 0 radical (unpaired) electrons. The van der Waals surface area contributed by atoms with Gasteiger partial charge in [-0.05, 0) is 92.6 Å². The van der Waals surface area contributed by atoms with Gasteiger partial charge >= 0.3 is 0 Å². The van der Waals surface area contributed by atoms with Crippen molar-refractivity contribution in [1.29, 1.82) is 0 Å². The molecule has 190 valence electrons. The van der Waals surface area contributed by atoms with E-state index in [0.717, 1.165) is 31.2 Å². The Kier molecular flexibility index (Phi) is 6.74. The molecule has 0 aliphatic heterocycles. The summed E-state index contributed by atoms with van der Waals surface area (Å²) in [5.41, 5.74) is 4.96. The van der Waals surface area contributed by atoms with Crippen molar-refractivity contribution in [3.05, 3.63) is 83.7 Å². The molecule has 2 aromatic carbocycles. The van der Waals surface area contributed by atoms with E-state index in [4.69, 9.17) is 0 Å². The number of aromatic nitrogens is 4. The number of rotatable bonds is 8. The summed E-state index contributed by atoms with van der Waals surface area (Å²) in [6.45, 7) is 5.94. The number of benzene rings is 2. The van der Waals surface area contributed by atoms with E-state index in [-0.39, 0.29) is 18.4 Å². The number of nitrogens with one attached hydrogen (secondary N) is 1. The van der Waals surface area contributed by atoms with Crippen LogP contribution in [-0.2, 0) is 29.0 Å². The molecule has 2 amide bonds. The number of carbonyl (C=O) groups excluding carboxylic acids is 2. The maximum Gasteiger partial charge on any atom is 0.249 e. The Morgan fingerprint density at radius 2 is 1.81 bits per heavy atom. The molecule has 4 aromatic rings. The first kappa shape index (κ1) is 24.6. The van der Waals surface area contributed by atoms with Gasteiger partial charge in [0.2, 0.25) is 11.8 Å². The lowest BCUT2D eigenvalue weighted by Gasteiger charge is -2.34. The Bertz CT molecular complexity index is 1430. The molecule has 8 heteroatoms. The molecule has 5 rings (SSSR count). The molecule has 0 bridgehead atoms. The second-order valence-corrected chi connectivity index (χ2v) is 10.2. The summed E-state index contributed by atoms with van der Waals surface area (Å²) in [6, 6.07) is 16.3. The summed E-state index contributed by atoms with van der Waals surface area (Å²) < 4.78 is 1.59. The van der Waals surface area contributed by atoms with Gasteiger partial charge in [0.25, 0.3) is 0 Å². The van der Waals surface area contributed by atoms with Crippen LogP contribution >= 0.6 is 0 Å². The average Bonchev–Trinajstić information content (AvgIpc) is 3.54. The number of fused-ring (bicyclic) bond motifs is 2. The Morgan fingerprint density at radius 1 is 1.05 bits per heavy atom. The van der Waals surface area contributed by atoms with Gasteiger partial charge in [-0.2, -0.15) is 0 Å². The van der Waals surface area contributed by atoms with Gasteiger partial charge in [-0.15, -0.1) is 5.10 Å². The Morgan fingerprint density at radius 3 is 2.59 bits per heavy atom. The zero-order chi connectivity index (χ0) is 26.0. The Hall–Kier alpha value is -4.07. The number of hydrogen-bond donors (Lipinski definition) is 1. The molecule has 2 aromatic heterocycles. The van der Waals surface area contributed by atoms with Gasteiger partial charge in [-0.3, -0.25) is 19.5 Å². The second kappa shape index (κ2) is 10.1. The summed E-state index contributed by atoms with van der Waals surface area (Å²) in [7, 11) is 0. The average molecular weight is 497 g/mol.